The molecule has 1 aliphatic carbocycles. The Morgan fingerprint density at radius 3 is 3.19 bits per heavy atom. The molecule has 16 heavy (non-hydrogen) atoms. The molecule has 0 saturated carbocycles. The molecule has 3 rings (SSSR count). The molecule has 0 radical (unpaired) electrons. The average molecular weight is 214 g/mol. The quantitative estimate of drug-likeness (QED) is 0.724. The molecule has 0 atom stereocenters. The summed E-state index contributed by atoms with van der Waals surface area (Å²) in [5.74, 6) is 0.932. The van der Waals surface area contributed by atoms with E-state index in [1.165, 1.54) is 0 Å². The van der Waals surface area contributed by atoms with Crippen LogP contribution in [0.3, 0.4) is 0 Å². The van der Waals surface area contributed by atoms with Gasteiger partial charge in [0, 0.05) is 30.8 Å². The summed E-state index contributed by atoms with van der Waals surface area (Å²) in [4.78, 5) is 11.5. The van der Waals surface area contributed by atoms with Crippen molar-refractivity contribution in [1.29, 1.82) is 0 Å². The first kappa shape index (κ1) is 9.19. The summed E-state index contributed by atoms with van der Waals surface area (Å²) < 4.78 is 5.11. The van der Waals surface area contributed by atoms with Crippen LogP contribution in [0.4, 0.5) is 0 Å². The fourth-order valence-electron chi connectivity index (χ4n) is 2.05. The first-order chi connectivity index (χ1) is 7.84. The first-order valence-corrected chi connectivity index (χ1v) is 5.21. The fraction of sp³-hybridized carbons (Fsp3) is 0.250. The summed E-state index contributed by atoms with van der Waals surface area (Å²) in [5.41, 5.74) is 6.02. The van der Waals surface area contributed by atoms with Gasteiger partial charge < -0.3 is 9.84 Å². The van der Waals surface area contributed by atoms with Gasteiger partial charge in [0.05, 0.1) is 11.8 Å². The zero-order chi connectivity index (χ0) is 11.0. The van der Waals surface area contributed by atoms with Crippen LogP contribution in [0.1, 0.15) is 25.0 Å². The monoisotopic (exact) mass is 214 g/mol. The van der Waals surface area contributed by atoms with Crippen molar-refractivity contribution >= 4 is 11.4 Å². The van der Waals surface area contributed by atoms with E-state index in [2.05, 4.69) is 16.2 Å². The number of nitrogens with one attached hydrogen (secondary N) is 1. The summed E-state index contributed by atoms with van der Waals surface area (Å²) >= 11 is 0. The van der Waals surface area contributed by atoms with Crippen molar-refractivity contribution in [2.45, 2.75) is 19.3 Å². The van der Waals surface area contributed by atoms with Gasteiger partial charge in [-0.25, -0.2) is 0 Å². The number of hydrogen-bond donors (Lipinski definition) is 1. The van der Waals surface area contributed by atoms with Gasteiger partial charge in [-0.3, -0.25) is 4.79 Å². The average Bonchev–Trinajstić information content (AvgIpc) is 2.81. The molecule has 0 aromatic carbocycles. The number of nitrogens with zero attached hydrogens (tertiary/aromatic N) is 1. The van der Waals surface area contributed by atoms with Gasteiger partial charge in [-0.1, -0.05) is 10.9 Å². The minimum Gasteiger partial charge on any atom is -0.358 e. The minimum atomic E-state index is 0.265. The van der Waals surface area contributed by atoms with E-state index in [1.807, 2.05) is 0 Å². The highest BCUT2D eigenvalue weighted by Gasteiger charge is 2.24. The number of allylic oxidation sites excluding steroid dienone is 3. The lowest BCUT2D eigenvalue weighted by Crippen LogP contribution is -2.19. The standard InChI is InChI=1S/C12H10N2O2/c15-8-1-2-11-10(7-8)9(3-5-13-11)12-4-6-14-16-12/h4-6,13H,1-2,7H2. The molecular formula is C12H10N2O2. The molecule has 0 unspecified atom stereocenters. The first-order valence-electron chi connectivity index (χ1n) is 5.21. The van der Waals surface area contributed by atoms with E-state index >= 15 is 0 Å². The molecule has 0 amide bonds. The molecule has 1 aromatic heterocycles. The zero-order valence-electron chi connectivity index (χ0n) is 8.62. The van der Waals surface area contributed by atoms with E-state index < -0.39 is 0 Å². The van der Waals surface area contributed by atoms with E-state index in [0.29, 0.717) is 18.6 Å². The van der Waals surface area contributed by atoms with E-state index in [0.717, 1.165) is 23.3 Å². The van der Waals surface area contributed by atoms with Gasteiger partial charge in [-0.15, -0.1) is 0 Å². The maximum atomic E-state index is 11.5. The van der Waals surface area contributed by atoms with E-state index in [4.69, 9.17) is 4.52 Å². The van der Waals surface area contributed by atoms with Crippen LogP contribution in [-0.2, 0) is 4.79 Å². The van der Waals surface area contributed by atoms with Crippen molar-refractivity contribution in [1.82, 2.24) is 10.5 Å². The Morgan fingerprint density at radius 2 is 2.38 bits per heavy atom. The Hall–Kier alpha value is -2.06. The molecular weight excluding hydrogens is 204 g/mol. The summed E-state index contributed by atoms with van der Waals surface area (Å²) in [6.45, 7) is 0. The maximum absolute atomic E-state index is 11.5. The smallest absolute Gasteiger partial charge is 0.174 e. The number of rotatable bonds is 1. The normalized spacial score (nSPS) is 19.2. The predicted octanol–water partition coefficient (Wildman–Crippen LogP) is 1.78. The third-order valence-corrected chi connectivity index (χ3v) is 2.84. The number of hydrogen-bond acceptors (Lipinski definition) is 4. The number of carbonyl (C=O) groups excluding carboxylic acids is 1. The van der Waals surface area contributed by atoms with Gasteiger partial charge in [0.15, 0.2) is 5.76 Å². The van der Waals surface area contributed by atoms with Gasteiger partial charge in [-0.05, 0) is 12.0 Å². The molecule has 2 heterocycles. The van der Waals surface area contributed by atoms with Crippen LogP contribution in [0.15, 0.2) is 40.0 Å². The molecule has 0 bridgehead atoms. The van der Waals surface area contributed by atoms with E-state index in [-0.39, 0.29) is 5.78 Å². The fourth-order valence-corrected chi connectivity index (χ4v) is 2.05. The molecule has 0 fully saturated rings. The summed E-state index contributed by atoms with van der Waals surface area (Å²) in [6.07, 6.45) is 5.19. The van der Waals surface area contributed by atoms with Crippen molar-refractivity contribution in [3.8, 4) is 0 Å². The Kier molecular flexibility index (Phi) is 2.01. The lowest BCUT2D eigenvalue weighted by atomic mass is 9.88. The second-order valence-corrected chi connectivity index (χ2v) is 3.86. The Bertz CT molecular complexity index is 531. The van der Waals surface area contributed by atoms with E-state index in [1.54, 1.807) is 18.5 Å². The zero-order valence-corrected chi connectivity index (χ0v) is 8.62. The maximum Gasteiger partial charge on any atom is 0.174 e. The molecule has 1 N–H and O–H groups in total. The lowest BCUT2D eigenvalue weighted by Gasteiger charge is -2.21. The van der Waals surface area contributed by atoms with Crippen molar-refractivity contribution in [2.24, 2.45) is 0 Å². The van der Waals surface area contributed by atoms with Gasteiger partial charge in [0.2, 0.25) is 0 Å². The molecule has 0 saturated heterocycles. The van der Waals surface area contributed by atoms with Crippen molar-refractivity contribution in [2.75, 3.05) is 0 Å². The molecule has 80 valence electrons. The largest absolute Gasteiger partial charge is 0.358 e. The van der Waals surface area contributed by atoms with Crippen molar-refractivity contribution in [3.05, 3.63) is 41.2 Å². The molecule has 1 aliphatic heterocycles. The van der Waals surface area contributed by atoms with Gasteiger partial charge in [0.25, 0.3) is 0 Å². The third kappa shape index (κ3) is 1.40. The predicted molar refractivity (Wildman–Crippen MR) is 57.0 cm³/mol. The molecule has 1 aromatic rings. The lowest BCUT2D eigenvalue weighted by molar-refractivity contribution is -0.118. The summed E-state index contributed by atoms with van der Waals surface area (Å²) in [6, 6.07) is 1.78. The Labute approximate surface area is 92.3 Å². The van der Waals surface area contributed by atoms with Crippen LogP contribution in [0.2, 0.25) is 0 Å². The second-order valence-electron chi connectivity index (χ2n) is 3.86. The SMILES string of the molecule is O=C1CCC2=C(C1)C(c1ccno1)=C=CN2. The van der Waals surface area contributed by atoms with Crippen LogP contribution in [0, 0.1) is 0 Å². The molecule has 2 aliphatic rings. The number of carbonyl (C=O) groups is 1. The highest BCUT2D eigenvalue weighted by Crippen LogP contribution is 2.33. The third-order valence-electron chi connectivity index (χ3n) is 2.84. The number of ketones is 1. The summed E-state index contributed by atoms with van der Waals surface area (Å²) in [5, 5.41) is 6.82. The molecule has 4 heteroatoms. The topological polar surface area (TPSA) is 55.1 Å². The van der Waals surface area contributed by atoms with Gasteiger partial charge in [0.1, 0.15) is 5.78 Å². The van der Waals surface area contributed by atoms with Crippen molar-refractivity contribution < 1.29 is 9.32 Å². The number of Topliss-reactive ketones (excluding diaryl/α,β-unsaturated/α-hetero) is 1. The van der Waals surface area contributed by atoms with Crippen LogP contribution in [0.25, 0.3) is 5.57 Å². The Balaban J connectivity index is 2.08. The molecule has 4 nitrogen and oxygen atoms in total. The van der Waals surface area contributed by atoms with Crippen LogP contribution in [-0.4, -0.2) is 10.9 Å². The Morgan fingerprint density at radius 1 is 1.44 bits per heavy atom. The second kappa shape index (κ2) is 3.51. The highest BCUT2D eigenvalue weighted by molar-refractivity contribution is 5.91. The number of aromatic nitrogens is 1. The van der Waals surface area contributed by atoms with Crippen molar-refractivity contribution in [3.63, 3.8) is 0 Å². The summed E-state index contributed by atoms with van der Waals surface area (Å²) in [7, 11) is 0. The van der Waals surface area contributed by atoms with Crippen LogP contribution >= 0.6 is 0 Å². The van der Waals surface area contributed by atoms with Crippen LogP contribution < -0.4 is 5.32 Å². The molecule has 0 spiro atoms. The van der Waals surface area contributed by atoms with Gasteiger partial charge >= 0.3 is 0 Å². The minimum absolute atomic E-state index is 0.265. The van der Waals surface area contributed by atoms with Gasteiger partial charge in [-0.2, -0.15) is 0 Å². The van der Waals surface area contributed by atoms with Crippen LogP contribution in [0.5, 0.6) is 0 Å². The highest BCUT2D eigenvalue weighted by atomic mass is 16.5. The van der Waals surface area contributed by atoms with E-state index in [9.17, 15) is 4.79 Å².